The molecule has 0 bridgehead atoms. The maximum atomic E-state index is 11.9. The van der Waals surface area contributed by atoms with Gasteiger partial charge in [0.15, 0.2) is 5.82 Å². The van der Waals surface area contributed by atoms with Gasteiger partial charge in [-0.1, -0.05) is 5.92 Å². The zero-order valence-corrected chi connectivity index (χ0v) is 18.7. The van der Waals surface area contributed by atoms with Gasteiger partial charge in [-0.3, -0.25) is 9.29 Å². The lowest BCUT2D eigenvalue weighted by molar-refractivity contribution is -0.0969. The van der Waals surface area contributed by atoms with E-state index in [0.717, 1.165) is 10.6 Å². The van der Waals surface area contributed by atoms with Crippen LogP contribution in [0, 0.1) is 11.8 Å². The summed E-state index contributed by atoms with van der Waals surface area (Å²) in [6.07, 6.45) is 4.77. The number of halogens is 1. The summed E-state index contributed by atoms with van der Waals surface area (Å²) in [7, 11) is -2.09. The number of hydrogen-bond donors (Lipinski definition) is 1. The highest BCUT2D eigenvalue weighted by Gasteiger charge is 2.18. The van der Waals surface area contributed by atoms with E-state index < -0.39 is 16.3 Å². The van der Waals surface area contributed by atoms with Gasteiger partial charge in [-0.2, -0.15) is 4.98 Å². The minimum absolute atomic E-state index is 0.0295. The van der Waals surface area contributed by atoms with E-state index in [-0.39, 0.29) is 17.6 Å². The van der Waals surface area contributed by atoms with Gasteiger partial charge >= 0.3 is 0 Å². The standard InChI is InChI=1S/C18H23ClN6O4S/c1-5-28-15(29-6-2)8-7-13-11-23-18(19)24-16(13)22-12-14-17(21-10-9-20-14)25(3)30(4,26)27/h9-11,15H,5-6,12H2,1-4H3,(H,22,23,24). The predicted octanol–water partition coefficient (Wildman–Crippen LogP) is 1.68. The molecule has 0 saturated carbocycles. The van der Waals surface area contributed by atoms with Crippen LogP contribution in [0.15, 0.2) is 18.6 Å². The Hall–Kier alpha value is -2.52. The summed E-state index contributed by atoms with van der Waals surface area (Å²) >= 11 is 5.93. The molecule has 2 aromatic rings. The van der Waals surface area contributed by atoms with Gasteiger partial charge in [-0.05, 0) is 31.4 Å². The third-order valence-electron chi connectivity index (χ3n) is 3.69. The molecule has 0 aliphatic carbocycles. The van der Waals surface area contributed by atoms with Crippen LogP contribution in [0.5, 0.6) is 0 Å². The summed E-state index contributed by atoms with van der Waals surface area (Å²) in [5, 5.41) is 3.09. The molecule has 12 heteroatoms. The Morgan fingerprint density at radius 2 is 1.87 bits per heavy atom. The fourth-order valence-electron chi connectivity index (χ4n) is 2.23. The van der Waals surface area contributed by atoms with E-state index in [4.69, 9.17) is 21.1 Å². The number of ether oxygens (including phenoxy) is 2. The second kappa shape index (κ2) is 11.0. The van der Waals surface area contributed by atoms with Crippen LogP contribution in [0.3, 0.4) is 0 Å². The van der Waals surface area contributed by atoms with Crippen molar-refractivity contribution >= 4 is 33.3 Å². The number of anilines is 2. The Bertz CT molecular complexity index is 1020. The van der Waals surface area contributed by atoms with E-state index in [1.165, 1.54) is 25.6 Å². The van der Waals surface area contributed by atoms with Crippen LogP contribution in [-0.2, 0) is 26.0 Å². The molecule has 0 radical (unpaired) electrons. The summed E-state index contributed by atoms with van der Waals surface area (Å²) in [4.78, 5) is 16.5. The topological polar surface area (TPSA) is 119 Å². The summed E-state index contributed by atoms with van der Waals surface area (Å²) in [6.45, 7) is 4.72. The molecule has 1 N–H and O–H groups in total. The van der Waals surface area contributed by atoms with Crippen LogP contribution < -0.4 is 9.62 Å². The molecule has 0 aromatic carbocycles. The number of sulfonamides is 1. The summed E-state index contributed by atoms with van der Waals surface area (Å²) in [6, 6.07) is 0. The van der Waals surface area contributed by atoms with Gasteiger partial charge in [-0.25, -0.2) is 18.4 Å². The molecular formula is C18H23ClN6O4S. The highest BCUT2D eigenvalue weighted by molar-refractivity contribution is 7.92. The molecule has 0 spiro atoms. The molecule has 0 unspecified atom stereocenters. The van der Waals surface area contributed by atoms with Gasteiger partial charge in [0.25, 0.3) is 0 Å². The van der Waals surface area contributed by atoms with Crippen LogP contribution in [0.25, 0.3) is 0 Å². The molecule has 2 heterocycles. The SMILES string of the molecule is CCOC(C#Cc1cnc(Cl)nc1NCc1nccnc1N(C)S(C)(=O)=O)OCC. The predicted molar refractivity (Wildman–Crippen MR) is 114 cm³/mol. The third kappa shape index (κ3) is 6.77. The minimum Gasteiger partial charge on any atom is -0.363 e. The van der Waals surface area contributed by atoms with Crippen molar-refractivity contribution in [2.24, 2.45) is 0 Å². The Morgan fingerprint density at radius 3 is 2.50 bits per heavy atom. The first-order valence-corrected chi connectivity index (χ1v) is 11.2. The second-order valence-electron chi connectivity index (χ2n) is 5.82. The average molecular weight is 455 g/mol. The molecule has 30 heavy (non-hydrogen) atoms. The zero-order chi connectivity index (χ0) is 22.1. The summed E-state index contributed by atoms with van der Waals surface area (Å²) in [5.74, 6) is 6.35. The lowest BCUT2D eigenvalue weighted by Gasteiger charge is -2.18. The molecule has 0 atom stereocenters. The summed E-state index contributed by atoms with van der Waals surface area (Å²) < 4.78 is 35.6. The van der Waals surface area contributed by atoms with Crippen molar-refractivity contribution in [1.82, 2.24) is 19.9 Å². The number of hydrogen-bond acceptors (Lipinski definition) is 9. The summed E-state index contributed by atoms with van der Waals surface area (Å²) in [5.41, 5.74) is 0.867. The Balaban J connectivity index is 2.28. The zero-order valence-electron chi connectivity index (χ0n) is 17.1. The number of nitrogens with zero attached hydrogens (tertiary/aromatic N) is 5. The fourth-order valence-corrected chi connectivity index (χ4v) is 2.83. The van der Waals surface area contributed by atoms with E-state index >= 15 is 0 Å². The van der Waals surface area contributed by atoms with E-state index in [1.54, 1.807) is 0 Å². The molecule has 0 fully saturated rings. The van der Waals surface area contributed by atoms with Gasteiger partial charge in [0.05, 0.1) is 18.4 Å². The first-order chi connectivity index (χ1) is 14.3. The molecule has 2 aromatic heterocycles. The van der Waals surface area contributed by atoms with Gasteiger partial charge < -0.3 is 14.8 Å². The van der Waals surface area contributed by atoms with Crippen molar-refractivity contribution in [3.8, 4) is 11.8 Å². The van der Waals surface area contributed by atoms with Crippen molar-refractivity contribution in [3.63, 3.8) is 0 Å². The largest absolute Gasteiger partial charge is 0.363 e. The van der Waals surface area contributed by atoms with E-state index in [0.29, 0.717) is 30.3 Å². The van der Waals surface area contributed by atoms with Gasteiger partial charge in [0.1, 0.15) is 11.5 Å². The van der Waals surface area contributed by atoms with E-state index in [2.05, 4.69) is 37.1 Å². The molecule has 162 valence electrons. The van der Waals surface area contributed by atoms with Crippen LogP contribution in [0.1, 0.15) is 25.1 Å². The molecule has 0 aliphatic heterocycles. The highest BCUT2D eigenvalue weighted by atomic mass is 35.5. The number of rotatable bonds is 9. The molecule has 2 rings (SSSR count). The lowest BCUT2D eigenvalue weighted by atomic mass is 10.3. The monoisotopic (exact) mass is 454 g/mol. The highest BCUT2D eigenvalue weighted by Crippen LogP contribution is 2.19. The quantitative estimate of drug-likeness (QED) is 0.342. The molecule has 10 nitrogen and oxygen atoms in total. The van der Waals surface area contributed by atoms with Crippen molar-refractivity contribution in [1.29, 1.82) is 0 Å². The molecule has 0 amide bonds. The third-order valence-corrected chi connectivity index (χ3v) is 5.04. The van der Waals surface area contributed by atoms with Gasteiger partial charge in [0.2, 0.25) is 21.6 Å². The van der Waals surface area contributed by atoms with E-state index in [9.17, 15) is 8.42 Å². The number of aromatic nitrogens is 4. The van der Waals surface area contributed by atoms with Crippen LogP contribution >= 0.6 is 11.6 Å². The van der Waals surface area contributed by atoms with Crippen LogP contribution in [0.4, 0.5) is 11.6 Å². The first kappa shape index (κ1) is 23.8. The first-order valence-electron chi connectivity index (χ1n) is 9.01. The normalized spacial score (nSPS) is 11.1. The Kier molecular flexibility index (Phi) is 8.73. The van der Waals surface area contributed by atoms with Crippen LogP contribution in [0.2, 0.25) is 5.28 Å². The van der Waals surface area contributed by atoms with Gasteiger partial charge in [0, 0.05) is 38.9 Å². The smallest absolute Gasteiger partial charge is 0.233 e. The van der Waals surface area contributed by atoms with Crippen molar-refractivity contribution in [2.45, 2.75) is 26.7 Å². The number of nitrogens with one attached hydrogen (secondary N) is 1. The lowest BCUT2D eigenvalue weighted by Crippen LogP contribution is -2.27. The fraction of sp³-hybridized carbons (Fsp3) is 0.444. The maximum absolute atomic E-state index is 11.9. The molecule has 0 aliphatic rings. The average Bonchev–Trinajstić information content (AvgIpc) is 2.70. The maximum Gasteiger partial charge on any atom is 0.233 e. The second-order valence-corrected chi connectivity index (χ2v) is 8.18. The van der Waals surface area contributed by atoms with Crippen molar-refractivity contribution in [3.05, 3.63) is 35.1 Å². The molecule has 0 saturated heterocycles. The van der Waals surface area contributed by atoms with E-state index in [1.807, 2.05) is 13.8 Å². The minimum atomic E-state index is -3.50. The van der Waals surface area contributed by atoms with Crippen molar-refractivity contribution < 1.29 is 17.9 Å². The van der Waals surface area contributed by atoms with Gasteiger partial charge in [-0.15, -0.1) is 0 Å². The van der Waals surface area contributed by atoms with Crippen LogP contribution in [-0.4, -0.2) is 61.2 Å². The Morgan fingerprint density at radius 1 is 1.20 bits per heavy atom. The van der Waals surface area contributed by atoms with Crippen molar-refractivity contribution in [2.75, 3.05) is 36.1 Å². The molecular weight excluding hydrogens is 432 g/mol. The Labute approximate surface area is 181 Å².